The van der Waals surface area contributed by atoms with Gasteiger partial charge in [-0.2, -0.15) is 0 Å². The highest BCUT2D eigenvalue weighted by Gasteiger charge is 2.07. The molecule has 0 radical (unpaired) electrons. The molecule has 0 fully saturated rings. The number of halogens is 2. The second-order valence-corrected chi connectivity index (χ2v) is 3.81. The molecule has 2 aromatic rings. The smallest absolute Gasteiger partial charge is 0.290 e. The van der Waals surface area contributed by atoms with Gasteiger partial charge in [-0.1, -0.05) is 0 Å². The topological polar surface area (TPSA) is 39.4 Å². The second-order valence-electron chi connectivity index (χ2n) is 2.95. The molecule has 82 valence electrons. The van der Waals surface area contributed by atoms with Crippen LogP contribution in [0.2, 0.25) is 0 Å². The van der Waals surface area contributed by atoms with Crippen molar-refractivity contribution in [3.63, 3.8) is 0 Å². The third kappa shape index (κ3) is 2.30. The van der Waals surface area contributed by atoms with E-state index in [0.717, 1.165) is 0 Å². The van der Waals surface area contributed by atoms with Crippen LogP contribution in [-0.4, -0.2) is 6.29 Å². The Morgan fingerprint density at radius 2 is 2.12 bits per heavy atom. The molecular weight excluding hydrogens is 279 g/mol. The first kappa shape index (κ1) is 10.9. The van der Waals surface area contributed by atoms with Crippen LogP contribution in [0, 0.1) is 5.82 Å². The normalized spacial score (nSPS) is 10.1. The van der Waals surface area contributed by atoms with Crippen LogP contribution < -0.4 is 4.74 Å². The van der Waals surface area contributed by atoms with Gasteiger partial charge in [0.2, 0.25) is 0 Å². The zero-order valence-corrected chi connectivity index (χ0v) is 9.53. The Labute approximate surface area is 99.0 Å². The molecule has 0 N–H and O–H groups in total. The van der Waals surface area contributed by atoms with Gasteiger partial charge in [0, 0.05) is 12.1 Å². The molecule has 0 aliphatic heterocycles. The summed E-state index contributed by atoms with van der Waals surface area (Å²) in [4.78, 5) is 10.4. The summed E-state index contributed by atoms with van der Waals surface area (Å²) in [5.74, 6) is 0.156. The lowest BCUT2D eigenvalue weighted by Gasteiger charge is -2.04. The molecule has 0 bridgehead atoms. The maximum Gasteiger partial charge on any atom is 0.290 e. The molecule has 0 atom stereocenters. The van der Waals surface area contributed by atoms with E-state index in [4.69, 9.17) is 9.15 Å². The van der Waals surface area contributed by atoms with Gasteiger partial charge in [-0.05, 0) is 34.1 Å². The van der Waals surface area contributed by atoms with Crippen molar-refractivity contribution in [3.8, 4) is 11.7 Å². The molecule has 1 aromatic heterocycles. The predicted molar refractivity (Wildman–Crippen MR) is 58.3 cm³/mol. The van der Waals surface area contributed by atoms with Crippen LogP contribution in [0.3, 0.4) is 0 Å². The summed E-state index contributed by atoms with van der Waals surface area (Å²) >= 11 is 3.21. The van der Waals surface area contributed by atoms with Crippen molar-refractivity contribution in [2.75, 3.05) is 0 Å². The van der Waals surface area contributed by atoms with Gasteiger partial charge in [-0.15, -0.1) is 0 Å². The molecule has 5 heteroatoms. The summed E-state index contributed by atoms with van der Waals surface area (Å²) < 4.78 is 23.8. The molecule has 1 heterocycles. The lowest BCUT2D eigenvalue weighted by Crippen LogP contribution is -1.85. The van der Waals surface area contributed by atoms with Crippen LogP contribution in [0.4, 0.5) is 4.39 Å². The molecule has 0 saturated carbocycles. The fourth-order valence-corrected chi connectivity index (χ4v) is 1.44. The van der Waals surface area contributed by atoms with Crippen molar-refractivity contribution in [3.05, 3.63) is 46.4 Å². The van der Waals surface area contributed by atoms with Gasteiger partial charge in [0.25, 0.3) is 5.95 Å². The van der Waals surface area contributed by atoms with E-state index in [2.05, 4.69) is 15.9 Å². The molecule has 0 saturated heterocycles. The number of hydrogen-bond acceptors (Lipinski definition) is 3. The highest BCUT2D eigenvalue weighted by molar-refractivity contribution is 9.10. The highest BCUT2D eigenvalue weighted by atomic mass is 79.9. The number of furan rings is 1. The summed E-state index contributed by atoms with van der Waals surface area (Å²) in [7, 11) is 0. The Balaban J connectivity index is 2.26. The van der Waals surface area contributed by atoms with Crippen LogP contribution in [0.5, 0.6) is 11.7 Å². The minimum absolute atomic E-state index is 0.133. The summed E-state index contributed by atoms with van der Waals surface area (Å²) in [5.41, 5.74) is 0. The quantitative estimate of drug-likeness (QED) is 0.805. The van der Waals surface area contributed by atoms with E-state index in [1.807, 2.05) is 0 Å². The van der Waals surface area contributed by atoms with Gasteiger partial charge in [-0.25, -0.2) is 4.39 Å². The molecule has 3 nitrogen and oxygen atoms in total. The van der Waals surface area contributed by atoms with Crippen molar-refractivity contribution >= 4 is 22.2 Å². The van der Waals surface area contributed by atoms with Crippen LogP contribution in [-0.2, 0) is 0 Å². The zero-order chi connectivity index (χ0) is 11.5. The minimum atomic E-state index is -0.416. The molecule has 0 unspecified atom stereocenters. The lowest BCUT2D eigenvalue weighted by atomic mass is 10.3. The maximum absolute atomic E-state index is 12.9. The van der Waals surface area contributed by atoms with Gasteiger partial charge in [0.1, 0.15) is 11.6 Å². The Hall–Kier alpha value is -1.62. The standard InChI is InChI=1S/C11H6BrFO3/c12-9-3-1-7(13)5-10(9)16-11-4-2-8(6-14)15-11/h1-6H. The second kappa shape index (κ2) is 4.49. The fraction of sp³-hybridized carbons (Fsp3) is 0. The predicted octanol–water partition coefficient (Wildman–Crippen LogP) is 3.79. The molecule has 0 aliphatic carbocycles. The van der Waals surface area contributed by atoms with Crippen molar-refractivity contribution < 1.29 is 18.3 Å². The molecular formula is C11H6BrFO3. The molecule has 0 spiro atoms. The Bertz CT molecular complexity index is 522. The molecule has 16 heavy (non-hydrogen) atoms. The highest BCUT2D eigenvalue weighted by Crippen LogP contribution is 2.30. The van der Waals surface area contributed by atoms with E-state index < -0.39 is 5.82 Å². The van der Waals surface area contributed by atoms with Crippen molar-refractivity contribution in [2.24, 2.45) is 0 Å². The average molecular weight is 285 g/mol. The molecule has 0 aliphatic rings. The number of hydrogen-bond donors (Lipinski definition) is 0. The fourth-order valence-electron chi connectivity index (χ4n) is 1.12. The van der Waals surface area contributed by atoms with E-state index in [1.54, 1.807) is 0 Å². The summed E-state index contributed by atoms with van der Waals surface area (Å²) in [6.45, 7) is 0. The summed E-state index contributed by atoms with van der Waals surface area (Å²) in [5, 5.41) is 0. The van der Waals surface area contributed by atoms with E-state index in [0.29, 0.717) is 10.8 Å². The van der Waals surface area contributed by atoms with E-state index in [9.17, 15) is 9.18 Å². The van der Waals surface area contributed by atoms with Crippen LogP contribution >= 0.6 is 15.9 Å². The monoisotopic (exact) mass is 284 g/mol. The number of carbonyl (C=O) groups is 1. The van der Waals surface area contributed by atoms with Crippen LogP contribution in [0.15, 0.2) is 39.2 Å². The van der Waals surface area contributed by atoms with Gasteiger partial charge in [0.15, 0.2) is 12.0 Å². The van der Waals surface area contributed by atoms with Gasteiger partial charge in [0.05, 0.1) is 4.47 Å². The van der Waals surface area contributed by atoms with E-state index >= 15 is 0 Å². The van der Waals surface area contributed by atoms with Crippen molar-refractivity contribution in [1.82, 2.24) is 0 Å². The van der Waals surface area contributed by atoms with E-state index in [-0.39, 0.29) is 17.5 Å². The number of ether oxygens (including phenoxy) is 1. The average Bonchev–Trinajstić information content (AvgIpc) is 2.71. The summed E-state index contributed by atoms with van der Waals surface area (Å²) in [6, 6.07) is 6.99. The largest absolute Gasteiger partial charge is 0.425 e. The minimum Gasteiger partial charge on any atom is -0.425 e. The third-order valence-electron chi connectivity index (χ3n) is 1.82. The number of rotatable bonds is 3. The number of aldehydes is 1. The molecule has 2 rings (SSSR count). The van der Waals surface area contributed by atoms with Crippen LogP contribution in [0.25, 0.3) is 0 Å². The third-order valence-corrected chi connectivity index (χ3v) is 2.48. The first-order valence-electron chi connectivity index (χ1n) is 4.37. The molecule has 1 aromatic carbocycles. The Morgan fingerprint density at radius 3 is 2.81 bits per heavy atom. The van der Waals surface area contributed by atoms with Crippen molar-refractivity contribution in [1.29, 1.82) is 0 Å². The SMILES string of the molecule is O=Cc1ccc(Oc2cc(F)ccc2Br)o1. The first-order valence-corrected chi connectivity index (χ1v) is 5.16. The van der Waals surface area contributed by atoms with Gasteiger partial charge >= 0.3 is 0 Å². The van der Waals surface area contributed by atoms with Gasteiger partial charge in [-0.3, -0.25) is 4.79 Å². The molecule has 0 amide bonds. The Kier molecular flexibility index (Phi) is 3.05. The van der Waals surface area contributed by atoms with Crippen molar-refractivity contribution in [2.45, 2.75) is 0 Å². The Morgan fingerprint density at radius 1 is 1.31 bits per heavy atom. The van der Waals surface area contributed by atoms with Crippen LogP contribution in [0.1, 0.15) is 10.6 Å². The lowest BCUT2D eigenvalue weighted by molar-refractivity contribution is 0.109. The zero-order valence-electron chi connectivity index (χ0n) is 7.94. The number of benzene rings is 1. The van der Waals surface area contributed by atoms with Gasteiger partial charge < -0.3 is 9.15 Å². The number of carbonyl (C=O) groups excluding carboxylic acids is 1. The van der Waals surface area contributed by atoms with E-state index in [1.165, 1.54) is 30.3 Å². The summed E-state index contributed by atoms with van der Waals surface area (Å²) in [6.07, 6.45) is 0.563. The maximum atomic E-state index is 12.9. The first-order chi connectivity index (χ1) is 7.69.